The molecule has 0 aliphatic heterocycles. The van der Waals surface area contributed by atoms with Crippen LogP contribution < -0.4 is 5.32 Å². The predicted octanol–water partition coefficient (Wildman–Crippen LogP) is 4.75. The molecule has 0 saturated carbocycles. The molecule has 0 heterocycles. The molecule has 2 rings (SSSR count). The maximum Gasteiger partial charge on any atom is 0.137 e. The average molecular weight is 322 g/mol. The highest BCUT2D eigenvalue weighted by Crippen LogP contribution is 2.19. The number of aryl methyl sites for hydroxylation is 1. The van der Waals surface area contributed by atoms with E-state index in [2.05, 4.69) is 53.3 Å². The van der Waals surface area contributed by atoms with Gasteiger partial charge in [-0.3, -0.25) is 0 Å². The minimum Gasteiger partial charge on any atom is -0.306 e. The van der Waals surface area contributed by atoms with Gasteiger partial charge in [-0.05, 0) is 58.6 Å². The Morgan fingerprint density at radius 1 is 1.21 bits per heavy atom. The molecule has 0 aliphatic carbocycles. The standard InChI is InChI=1S/C16H17BrFN/c1-11-5-3-4-6-14(11)12(2)19-10-13-7-8-16(18)15(17)9-13/h3-9,12,19H,10H2,1-2H3/t12-/m0/s1. The van der Waals surface area contributed by atoms with Gasteiger partial charge in [0.25, 0.3) is 0 Å². The van der Waals surface area contributed by atoms with Gasteiger partial charge in [-0.2, -0.15) is 0 Å². The first-order valence-corrected chi connectivity index (χ1v) is 7.10. The molecule has 0 radical (unpaired) electrons. The lowest BCUT2D eigenvalue weighted by Gasteiger charge is -2.16. The van der Waals surface area contributed by atoms with Crippen molar-refractivity contribution in [3.8, 4) is 0 Å². The summed E-state index contributed by atoms with van der Waals surface area (Å²) >= 11 is 3.21. The largest absolute Gasteiger partial charge is 0.306 e. The Morgan fingerprint density at radius 3 is 2.63 bits per heavy atom. The quantitative estimate of drug-likeness (QED) is 0.857. The van der Waals surface area contributed by atoms with Crippen LogP contribution in [0, 0.1) is 12.7 Å². The highest BCUT2D eigenvalue weighted by Gasteiger charge is 2.07. The van der Waals surface area contributed by atoms with Crippen LogP contribution in [0.25, 0.3) is 0 Å². The van der Waals surface area contributed by atoms with E-state index in [1.807, 2.05) is 12.1 Å². The minimum atomic E-state index is -0.226. The van der Waals surface area contributed by atoms with E-state index in [0.717, 1.165) is 5.56 Å². The van der Waals surface area contributed by atoms with Gasteiger partial charge in [0.15, 0.2) is 0 Å². The fraction of sp³-hybridized carbons (Fsp3) is 0.250. The van der Waals surface area contributed by atoms with Crippen LogP contribution in [0.5, 0.6) is 0 Å². The topological polar surface area (TPSA) is 12.0 Å². The van der Waals surface area contributed by atoms with E-state index in [1.165, 1.54) is 17.2 Å². The lowest BCUT2D eigenvalue weighted by molar-refractivity contribution is 0.570. The summed E-state index contributed by atoms with van der Waals surface area (Å²) in [6.07, 6.45) is 0. The van der Waals surface area contributed by atoms with E-state index in [9.17, 15) is 4.39 Å². The fourth-order valence-electron chi connectivity index (χ4n) is 2.10. The van der Waals surface area contributed by atoms with Crippen LogP contribution in [0.15, 0.2) is 46.9 Å². The van der Waals surface area contributed by atoms with Gasteiger partial charge < -0.3 is 5.32 Å². The summed E-state index contributed by atoms with van der Waals surface area (Å²) in [5.74, 6) is -0.226. The van der Waals surface area contributed by atoms with Gasteiger partial charge in [-0.25, -0.2) is 4.39 Å². The second-order valence-electron chi connectivity index (χ2n) is 4.71. The Labute approximate surface area is 122 Å². The summed E-state index contributed by atoms with van der Waals surface area (Å²) < 4.78 is 13.7. The van der Waals surface area contributed by atoms with Crippen LogP contribution >= 0.6 is 15.9 Å². The van der Waals surface area contributed by atoms with Crippen molar-refractivity contribution in [1.29, 1.82) is 0 Å². The summed E-state index contributed by atoms with van der Waals surface area (Å²) in [6.45, 7) is 4.97. The van der Waals surface area contributed by atoms with Gasteiger partial charge >= 0.3 is 0 Å². The highest BCUT2D eigenvalue weighted by molar-refractivity contribution is 9.10. The molecule has 0 fully saturated rings. The Hall–Kier alpha value is -1.19. The van der Waals surface area contributed by atoms with Crippen LogP contribution in [-0.2, 0) is 6.54 Å². The lowest BCUT2D eigenvalue weighted by atomic mass is 10.0. The highest BCUT2D eigenvalue weighted by atomic mass is 79.9. The molecule has 0 spiro atoms. The first kappa shape index (κ1) is 14.2. The summed E-state index contributed by atoms with van der Waals surface area (Å²) in [5, 5.41) is 3.46. The third kappa shape index (κ3) is 3.64. The smallest absolute Gasteiger partial charge is 0.137 e. The summed E-state index contributed by atoms with van der Waals surface area (Å²) in [6, 6.07) is 13.7. The zero-order chi connectivity index (χ0) is 13.8. The average Bonchev–Trinajstić information content (AvgIpc) is 2.40. The molecule has 100 valence electrons. The van der Waals surface area contributed by atoms with E-state index in [-0.39, 0.29) is 11.9 Å². The zero-order valence-electron chi connectivity index (χ0n) is 11.1. The first-order chi connectivity index (χ1) is 9.08. The molecular weight excluding hydrogens is 305 g/mol. The van der Waals surface area contributed by atoms with E-state index in [0.29, 0.717) is 11.0 Å². The molecule has 3 heteroatoms. The summed E-state index contributed by atoms with van der Waals surface area (Å²) in [5.41, 5.74) is 3.64. The second kappa shape index (κ2) is 6.31. The van der Waals surface area contributed by atoms with Crippen molar-refractivity contribution in [2.45, 2.75) is 26.4 Å². The van der Waals surface area contributed by atoms with Crippen molar-refractivity contribution in [1.82, 2.24) is 5.32 Å². The van der Waals surface area contributed by atoms with Gasteiger partial charge in [0.1, 0.15) is 5.82 Å². The van der Waals surface area contributed by atoms with Crippen LogP contribution in [-0.4, -0.2) is 0 Å². The predicted molar refractivity (Wildman–Crippen MR) is 80.5 cm³/mol. The lowest BCUT2D eigenvalue weighted by Crippen LogP contribution is -2.18. The Morgan fingerprint density at radius 2 is 1.95 bits per heavy atom. The van der Waals surface area contributed by atoms with Crippen LogP contribution in [0.4, 0.5) is 4.39 Å². The first-order valence-electron chi connectivity index (χ1n) is 6.31. The number of nitrogens with one attached hydrogen (secondary N) is 1. The third-order valence-electron chi connectivity index (χ3n) is 3.25. The molecule has 1 N–H and O–H groups in total. The summed E-state index contributed by atoms with van der Waals surface area (Å²) in [7, 11) is 0. The van der Waals surface area contributed by atoms with Gasteiger partial charge in [-0.1, -0.05) is 30.3 Å². The Kier molecular flexibility index (Phi) is 4.72. The number of halogens is 2. The molecule has 2 aromatic carbocycles. The fourth-order valence-corrected chi connectivity index (χ4v) is 2.53. The van der Waals surface area contributed by atoms with E-state index < -0.39 is 0 Å². The molecule has 19 heavy (non-hydrogen) atoms. The molecular formula is C16H17BrFN. The van der Waals surface area contributed by atoms with Crippen molar-refractivity contribution < 1.29 is 4.39 Å². The van der Waals surface area contributed by atoms with Crippen LogP contribution in [0.1, 0.15) is 29.7 Å². The molecule has 0 bridgehead atoms. The molecule has 2 aromatic rings. The van der Waals surface area contributed by atoms with E-state index in [4.69, 9.17) is 0 Å². The van der Waals surface area contributed by atoms with Crippen molar-refractivity contribution in [3.63, 3.8) is 0 Å². The molecule has 0 saturated heterocycles. The van der Waals surface area contributed by atoms with Crippen LogP contribution in [0.2, 0.25) is 0 Å². The van der Waals surface area contributed by atoms with Crippen LogP contribution in [0.3, 0.4) is 0 Å². The normalized spacial score (nSPS) is 12.4. The Bertz CT molecular complexity index is 568. The summed E-state index contributed by atoms with van der Waals surface area (Å²) in [4.78, 5) is 0. The number of hydrogen-bond acceptors (Lipinski definition) is 1. The number of rotatable bonds is 4. The number of benzene rings is 2. The second-order valence-corrected chi connectivity index (χ2v) is 5.56. The molecule has 0 aliphatic rings. The van der Waals surface area contributed by atoms with Crippen molar-refractivity contribution in [2.75, 3.05) is 0 Å². The minimum absolute atomic E-state index is 0.226. The third-order valence-corrected chi connectivity index (χ3v) is 3.86. The Balaban J connectivity index is 2.02. The monoisotopic (exact) mass is 321 g/mol. The molecule has 0 unspecified atom stereocenters. The SMILES string of the molecule is Cc1ccccc1[C@H](C)NCc1ccc(F)c(Br)c1. The maximum atomic E-state index is 13.1. The van der Waals surface area contributed by atoms with Gasteiger partial charge in [-0.15, -0.1) is 0 Å². The van der Waals surface area contributed by atoms with Gasteiger partial charge in [0.2, 0.25) is 0 Å². The van der Waals surface area contributed by atoms with Crippen molar-refractivity contribution in [3.05, 3.63) is 69.4 Å². The maximum absolute atomic E-state index is 13.1. The van der Waals surface area contributed by atoms with E-state index >= 15 is 0 Å². The van der Waals surface area contributed by atoms with Crippen molar-refractivity contribution in [2.24, 2.45) is 0 Å². The van der Waals surface area contributed by atoms with E-state index in [1.54, 1.807) is 6.07 Å². The number of hydrogen-bond donors (Lipinski definition) is 1. The molecule has 0 aromatic heterocycles. The zero-order valence-corrected chi connectivity index (χ0v) is 12.7. The molecule has 1 atom stereocenters. The molecule has 1 nitrogen and oxygen atoms in total. The van der Waals surface area contributed by atoms with Gasteiger partial charge in [0.05, 0.1) is 4.47 Å². The van der Waals surface area contributed by atoms with Crippen molar-refractivity contribution >= 4 is 15.9 Å². The van der Waals surface area contributed by atoms with Gasteiger partial charge in [0, 0.05) is 12.6 Å². The molecule has 0 amide bonds.